The summed E-state index contributed by atoms with van der Waals surface area (Å²) in [5.74, 6) is 1.54. The van der Waals surface area contributed by atoms with Gasteiger partial charge in [-0.25, -0.2) is 9.97 Å². The first-order chi connectivity index (χ1) is 7.69. The van der Waals surface area contributed by atoms with Crippen LogP contribution in [0.25, 0.3) is 0 Å². The lowest BCUT2D eigenvalue weighted by Crippen LogP contribution is -2.14. The molecule has 1 rings (SSSR count). The third-order valence-corrected chi connectivity index (χ3v) is 2.39. The molecule has 0 aliphatic carbocycles. The van der Waals surface area contributed by atoms with E-state index in [-0.39, 0.29) is 6.10 Å². The fraction of sp³-hybridized carbons (Fsp3) is 0.667. The summed E-state index contributed by atoms with van der Waals surface area (Å²) in [6.07, 6.45) is 3.90. The van der Waals surface area contributed by atoms with Crippen molar-refractivity contribution in [2.45, 2.75) is 46.6 Å². The molecule has 0 fully saturated rings. The number of hydrogen-bond donors (Lipinski definition) is 1. The van der Waals surface area contributed by atoms with E-state index in [2.05, 4.69) is 29.1 Å². The molecule has 4 nitrogen and oxygen atoms in total. The van der Waals surface area contributed by atoms with Crippen LogP contribution in [-0.2, 0) is 0 Å². The van der Waals surface area contributed by atoms with Crippen LogP contribution in [0.1, 0.15) is 39.2 Å². The van der Waals surface area contributed by atoms with Gasteiger partial charge in [0.2, 0.25) is 5.88 Å². The smallest absolute Gasteiger partial charge is 0.221 e. The Balaban J connectivity index is 2.76. The average Bonchev–Trinajstić information content (AvgIpc) is 2.24. The van der Waals surface area contributed by atoms with E-state index < -0.39 is 0 Å². The van der Waals surface area contributed by atoms with Crippen molar-refractivity contribution < 1.29 is 4.74 Å². The number of aromatic nitrogens is 2. The van der Waals surface area contributed by atoms with Crippen molar-refractivity contribution in [3.05, 3.63) is 11.9 Å². The quantitative estimate of drug-likeness (QED) is 0.805. The van der Waals surface area contributed by atoms with Crippen LogP contribution in [0.4, 0.5) is 5.82 Å². The van der Waals surface area contributed by atoms with Gasteiger partial charge in [-0.3, -0.25) is 0 Å². The van der Waals surface area contributed by atoms with Crippen LogP contribution in [0.5, 0.6) is 5.88 Å². The fourth-order valence-electron chi connectivity index (χ4n) is 1.55. The van der Waals surface area contributed by atoms with Crippen molar-refractivity contribution in [2.75, 3.05) is 11.9 Å². The molecule has 16 heavy (non-hydrogen) atoms. The lowest BCUT2D eigenvalue weighted by atomic mass is 10.2. The monoisotopic (exact) mass is 223 g/mol. The predicted octanol–water partition coefficient (Wildman–Crippen LogP) is 2.78. The SMILES string of the molecule is CCCC(C)Oc1ncnc(NCC)c1C. The molecule has 1 aromatic heterocycles. The van der Waals surface area contributed by atoms with E-state index in [1.807, 2.05) is 13.8 Å². The second-order valence-corrected chi connectivity index (χ2v) is 3.90. The second-order valence-electron chi connectivity index (χ2n) is 3.90. The maximum absolute atomic E-state index is 5.78. The maximum atomic E-state index is 5.78. The van der Waals surface area contributed by atoms with Gasteiger partial charge in [0.1, 0.15) is 12.1 Å². The van der Waals surface area contributed by atoms with Gasteiger partial charge in [-0.2, -0.15) is 0 Å². The van der Waals surface area contributed by atoms with E-state index in [9.17, 15) is 0 Å². The summed E-state index contributed by atoms with van der Waals surface area (Å²) in [5.41, 5.74) is 0.979. The largest absolute Gasteiger partial charge is 0.474 e. The Hall–Kier alpha value is -1.32. The van der Waals surface area contributed by atoms with Crippen LogP contribution in [0.3, 0.4) is 0 Å². The third-order valence-electron chi connectivity index (χ3n) is 2.39. The molecular formula is C12H21N3O. The highest BCUT2D eigenvalue weighted by Gasteiger charge is 2.10. The molecule has 0 spiro atoms. The Morgan fingerprint density at radius 2 is 2.12 bits per heavy atom. The van der Waals surface area contributed by atoms with Crippen LogP contribution >= 0.6 is 0 Å². The molecule has 0 aliphatic heterocycles. The van der Waals surface area contributed by atoms with Crippen molar-refractivity contribution in [3.8, 4) is 5.88 Å². The minimum atomic E-state index is 0.202. The first-order valence-electron chi connectivity index (χ1n) is 5.91. The minimum Gasteiger partial charge on any atom is -0.474 e. The fourth-order valence-corrected chi connectivity index (χ4v) is 1.55. The van der Waals surface area contributed by atoms with Crippen LogP contribution in [0.15, 0.2) is 6.33 Å². The van der Waals surface area contributed by atoms with Crippen molar-refractivity contribution in [1.29, 1.82) is 0 Å². The zero-order valence-electron chi connectivity index (χ0n) is 10.6. The predicted molar refractivity (Wildman–Crippen MR) is 65.9 cm³/mol. The molecule has 1 aromatic rings. The van der Waals surface area contributed by atoms with Gasteiger partial charge in [0.15, 0.2) is 0 Å². The van der Waals surface area contributed by atoms with Gasteiger partial charge >= 0.3 is 0 Å². The van der Waals surface area contributed by atoms with Crippen molar-refractivity contribution >= 4 is 5.82 Å². The second kappa shape index (κ2) is 6.30. The van der Waals surface area contributed by atoms with Gasteiger partial charge in [0.05, 0.1) is 11.7 Å². The first-order valence-corrected chi connectivity index (χ1v) is 5.91. The summed E-state index contributed by atoms with van der Waals surface area (Å²) < 4.78 is 5.78. The maximum Gasteiger partial charge on any atom is 0.221 e. The van der Waals surface area contributed by atoms with E-state index in [4.69, 9.17) is 4.74 Å². The van der Waals surface area contributed by atoms with Crippen LogP contribution in [0.2, 0.25) is 0 Å². The number of ether oxygens (including phenoxy) is 1. The normalized spacial score (nSPS) is 12.2. The topological polar surface area (TPSA) is 47.0 Å². The molecular weight excluding hydrogens is 202 g/mol. The van der Waals surface area contributed by atoms with E-state index in [0.717, 1.165) is 30.8 Å². The molecule has 4 heteroatoms. The highest BCUT2D eigenvalue weighted by atomic mass is 16.5. The first kappa shape index (κ1) is 12.7. The molecule has 0 saturated carbocycles. The molecule has 1 heterocycles. The molecule has 0 bridgehead atoms. The molecule has 0 aliphatic rings. The molecule has 0 radical (unpaired) electrons. The average molecular weight is 223 g/mol. The van der Waals surface area contributed by atoms with Gasteiger partial charge in [0.25, 0.3) is 0 Å². The summed E-state index contributed by atoms with van der Waals surface area (Å²) in [6, 6.07) is 0. The molecule has 0 saturated heterocycles. The minimum absolute atomic E-state index is 0.202. The Morgan fingerprint density at radius 1 is 1.38 bits per heavy atom. The van der Waals surface area contributed by atoms with E-state index in [1.165, 1.54) is 0 Å². The molecule has 1 atom stereocenters. The number of anilines is 1. The number of nitrogens with zero attached hydrogens (tertiary/aromatic N) is 2. The molecule has 0 aromatic carbocycles. The van der Waals surface area contributed by atoms with Gasteiger partial charge in [0, 0.05) is 6.54 Å². The molecule has 1 unspecified atom stereocenters. The van der Waals surface area contributed by atoms with E-state index in [1.54, 1.807) is 6.33 Å². The van der Waals surface area contributed by atoms with Gasteiger partial charge < -0.3 is 10.1 Å². The lowest BCUT2D eigenvalue weighted by Gasteiger charge is -2.15. The van der Waals surface area contributed by atoms with E-state index in [0.29, 0.717) is 5.88 Å². The summed E-state index contributed by atoms with van der Waals surface area (Å²) in [6.45, 7) is 9.09. The number of rotatable bonds is 6. The zero-order valence-corrected chi connectivity index (χ0v) is 10.6. The van der Waals surface area contributed by atoms with Crippen LogP contribution in [-0.4, -0.2) is 22.6 Å². The molecule has 0 amide bonds. The Labute approximate surface area is 97.5 Å². The molecule has 1 N–H and O–H groups in total. The van der Waals surface area contributed by atoms with Gasteiger partial charge in [-0.15, -0.1) is 0 Å². The number of nitrogens with one attached hydrogen (secondary N) is 1. The van der Waals surface area contributed by atoms with Crippen molar-refractivity contribution in [3.63, 3.8) is 0 Å². The zero-order chi connectivity index (χ0) is 12.0. The highest BCUT2D eigenvalue weighted by Crippen LogP contribution is 2.21. The lowest BCUT2D eigenvalue weighted by molar-refractivity contribution is 0.200. The Kier molecular flexibility index (Phi) is 5.02. The molecule has 90 valence electrons. The Morgan fingerprint density at radius 3 is 2.75 bits per heavy atom. The summed E-state index contributed by atoms with van der Waals surface area (Å²) in [7, 11) is 0. The van der Waals surface area contributed by atoms with Crippen LogP contribution < -0.4 is 10.1 Å². The Bertz CT molecular complexity index is 328. The number of hydrogen-bond acceptors (Lipinski definition) is 4. The van der Waals surface area contributed by atoms with Crippen LogP contribution in [0, 0.1) is 6.92 Å². The van der Waals surface area contributed by atoms with Gasteiger partial charge in [-0.1, -0.05) is 13.3 Å². The summed E-state index contributed by atoms with van der Waals surface area (Å²) >= 11 is 0. The van der Waals surface area contributed by atoms with Crippen molar-refractivity contribution in [1.82, 2.24) is 9.97 Å². The highest BCUT2D eigenvalue weighted by molar-refractivity contribution is 5.47. The summed E-state index contributed by atoms with van der Waals surface area (Å²) in [5, 5.41) is 3.19. The third kappa shape index (κ3) is 3.36. The van der Waals surface area contributed by atoms with Gasteiger partial charge in [-0.05, 0) is 27.2 Å². The standard InChI is InChI=1S/C12H21N3O/c1-5-7-9(3)16-12-10(4)11(13-6-2)14-8-15-12/h8-9H,5-7H2,1-4H3,(H,13,14,15). The van der Waals surface area contributed by atoms with E-state index >= 15 is 0 Å². The summed E-state index contributed by atoms with van der Waals surface area (Å²) in [4.78, 5) is 8.35. The van der Waals surface area contributed by atoms with Crippen molar-refractivity contribution in [2.24, 2.45) is 0 Å².